The maximum atomic E-state index is 4.83. The number of nitrogens with zero attached hydrogens (tertiary/aromatic N) is 1. The molecule has 0 saturated heterocycles. The van der Waals surface area contributed by atoms with Crippen molar-refractivity contribution >= 4 is 11.3 Å². The van der Waals surface area contributed by atoms with Crippen LogP contribution in [-0.4, -0.2) is 4.98 Å². The number of aryl methyl sites for hydroxylation is 2. The highest BCUT2D eigenvalue weighted by molar-refractivity contribution is 7.09. The molecule has 0 aliphatic rings. The maximum absolute atomic E-state index is 4.83. The van der Waals surface area contributed by atoms with Gasteiger partial charge in [0.05, 0.1) is 11.3 Å². The van der Waals surface area contributed by atoms with Gasteiger partial charge in [0.15, 0.2) is 0 Å². The van der Waals surface area contributed by atoms with Crippen LogP contribution in [-0.2, 0) is 0 Å². The molecule has 0 amide bonds. The van der Waals surface area contributed by atoms with Crippen molar-refractivity contribution in [2.45, 2.75) is 41.5 Å². The van der Waals surface area contributed by atoms with E-state index in [0.29, 0.717) is 0 Å². The zero-order chi connectivity index (χ0) is 12.8. The Kier molecular flexibility index (Phi) is 15.0. The molecule has 2 aromatic heterocycles. The summed E-state index contributed by atoms with van der Waals surface area (Å²) in [6.07, 6.45) is 3.47. The molecule has 2 heterocycles. The van der Waals surface area contributed by atoms with Crippen LogP contribution in [0.25, 0.3) is 0 Å². The SMILES string of the molecule is CC.CC.Cc1ccco1.Cc1nccs1. The van der Waals surface area contributed by atoms with Gasteiger partial charge in [0.2, 0.25) is 0 Å². The van der Waals surface area contributed by atoms with E-state index in [-0.39, 0.29) is 0 Å². The predicted octanol–water partition coefficient (Wildman–Crippen LogP) is 5.09. The highest BCUT2D eigenvalue weighted by atomic mass is 32.1. The summed E-state index contributed by atoms with van der Waals surface area (Å²) in [5, 5.41) is 3.10. The summed E-state index contributed by atoms with van der Waals surface area (Å²) in [6.45, 7) is 11.9. The van der Waals surface area contributed by atoms with Crippen LogP contribution in [0, 0.1) is 13.8 Å². The quantitative estimate of drug-likeness (QED) is 0.642. The molecule has 2 rings (SSSR count). The van der Waals surface area contributed by atoms with Crippen molar-refractivity contribution in [3.63, 3.8) is 0 Å². The molecule has 16 heavy (non-hydrogen) atoms. The molecule has 0 radical (unpaired) electrons. The van der Waals surface area contributed by atoms with Crippen LogP contribution < -0.4 is 0 Å². The molecular formula is C13H23NOS. The van der Waals surface area contributed by atoms with E-state index in [2.05, 4.69) is 4.98 Å². The molecule has 2 aromatic rings. The van der Waals surface area contributed by atoms with Crippen LogP contribution in [0.5, 0.6) is 0 Å². The van der Waals surface area contributed by atoms with Crippen molar-refractivity contribution in [3.8, 4) is 0 Å². The third-order valence-electron chi connectivity index (χ3n) is 1.22. The van der Waals surface area contributed by atoms with Gasteiger partial charge in [-0.15, -0.1) is 11.3 Å². The molecule has 0 aliphatic carbocycles. The van der Waals surface area contributed by atoms with E-state index >= 15 is 0 Å². The summed E-state index contributed by atoms with van der Waals surface area (Å²) in [5.74, 6) is 0.968. The minimum absolute atomic E-state index is 0.968. The van der Waals surface area contributed by atoms with Gasteiger partial charge in [-0.05, 0) is 26.0 Å². The van der Waals surface area contributed by atoms with Crippen molar-refractivity contribution in [2.24, 2.45) is 0 Å². The van der Waals surface area contributed by atoms with E-state index in [9.17, 15) is 0 Å². The molecule has 0 atom stereocenters. The molecule has 0 fully saturated rings. The van der Waals surface area contributed by atoms with Gasteiger partial charge in [0, 0.05) is 11.6 Å². The fraction of sp³-hybridized carbons (Fsp3) is 0.462. The second-order valence-corrected chi connectivity index (χ2v) is 3.37. The first kappa shape index (κ1) is 17.3. The normalized spacial score (nSPS) is 7.38. The summed E-state index contributed by atoms with van der Waals surface area (Å²) in [7, 11) is 0. The number of hydrogen-bond donors (Lipinski definition) is 0. The number of furan rings is 1. The Labute approximate surface area is 103 Å². The monoisotopic (exact) mass is 241 g/mol. The minimum atomic E-state index is 0.968. The topological polar surface area (TPSA) is 26.0 Å². The molecule has 2 nitrogen and oxygen atoms in total. The molecule has 0 N–H and O–H groups in total. The van der Waals surface area contributed by atoms with Gasteiger partial charge in [0.1, 0.15) is 5.76 Å². The number of rotatable bonds is 0. The highest BCUT2D eigenvalue weighted by Crippen LogP contribution is 1.98. The second kappa shape index (κ2) is 13.9. The van der Waals surface area contributed by atoms with Crippen LogP contribution >= 0.6 is 11.3 Å². The Morgan fingerprint density at radius 1 is 1.12 bits per heavy atom. The van der Waals surface area contributed by atoms with E-state index in [4.69, 9.17) is 4.42 Å². The summed E-state index contributed by atoms with van der Waals surface area (Å²) < 4.78 is 4.83. The zero-order valence-electron chi connectivity index (χ0n) is 11.2. The standard InChI is InChI=1S/C5H6O.C4H5NS.2C2H6/c1-5-3-2-4-6-5;1-4-5-2-3-6-4;2*1-2/h2-4H,1H3;2-3H,1H3;2*1-2H3. The summed E-state index contributed by atoms with van der Waals surface area (Å²) >= 11 is 1.67. The largest absolute Gasteiger partial charge is 0.470 e. The van der Waals surface area contributed by atoms with Crippen LogP contribution in [0.2, 0.25) is 0 Å². The third kappa shape index (κ3) is 11.0. The Bertz CT molecular complexity index is 255. The number of aromatic nitrogens is 1. The van der Waals surface area contributed by atoms with Gasteiger partial charge in [0.25, 0.3) is 0 Å². The average Bonchev–Trinajstić information content (AvgIpc) is 2.98. The Morgan fingerprint density at radius 2 is 1.75 bits per heavy atom. The van der Waals surface area contributed by atoms with Gasteiger partial charge in [-0.1, -0.05) is 27.7 Å². The molecule has 0 saturated carbocycles. The first-order chi connectivity index (χ1) is 7.79. The van der Waals surface area contributed by atoms with Crippen LogP contribution in [0.1, 0.15) is 38.5 Å². The van der Waals surface area contributed by atoms with Gasteiger partial charge >= 0.3 is 0 Å². The van der Waals surface area contributed by atoms with E-state index in [1.165, 1.54) is 0 Å². The Morgan fingerprint density at radius 3 is 1.88 bits per heavy atom. The lowest BCUT2D eigenvalue weighted by molar-refractivity contribution is 0.534. The summed E-state index contributed by atoms with van der Waals surface area (Å²) in [5.41, 5.74) is 0. The molecule has 0 aliphatic heterocycles. The van der Waals surface area contributed by atoms with Gasteiger partial charge < -0.3 is 4.42 Å². The smallest absolute Gasteiger partial charge is 0.100 e. The Balaban J connectivity index is 0. The number of hydrogen-bond acceptors (Lipinski definition) is 3. The fourth-order valence-corrected chi connectivity index (χ4v) is 1.10. The lowest BCUT2D eigenvalue weighted by Gasteiger charge is -1.69. The summed E-state index contributed by atoms with van der Waals surface area (Å²) in [4.78, 5) is 3.94. The first-order valence-corrected chi connectivity index (χ1v) is 6.53. The van der Waals surface area contributed by atoms with E-state index < -0.39 is 0 Å². The molecular weight excluding hydrogens is 218 g/mol. The van der Waals surface area contributed by atoms with Crippen LogP contribution in [0.15, 0.2) is 34.4 Å². The van der Waals surface area contributed by atoms with E-state index in [1.54, 1.807) is 23.8 Å². The van der Waals surface area contributed by atoms with Gasteiger partial charge in [-0.2, -0.15) is 0 Å². The molecule has 0 unspecified atom stereocenters. The second-order valence-electron chi connectivity index (χ2n) is 2.27. The van der Waals surface area contributed by atoms with Crippen molar-refractivity contribution in [1.82, 2.24) is 4.98 Å². The van der Waals surface area contributed by atoms with Gasteiger partial charge in [-0.3, -0.25) is 4.98 Å². The van der Waals surface area contributed by atoms with Gasteiger partial charge in [-0.25, -0.2) is 0 Å². The molecule has 3 heteroatoms. The van der Waals surface area contributed by atoms with Crippen molar-refractivity contribution in [2.75, 3.05) is 0 Å². The lowest BCUT2D eigenvalue weighted by Crippen LogP contribution is -1.56. The first-order valence-electron chi connectivity index (χ1n) is 5.65. The highest BCUT2D eigenvalue weighted by Gasteiger charge is 1.76. The fourth-order valence-electron chi connectivity index (χ4n) is 0.655. The number of thiazole rings is 1. The molecule has 0 spiro atoms. The van der Waals surface area contributed by atoms with Crippen molar-refractivity contribution in [3.05, 3.63) is 40.7 Å². The predicted molar refractivity (Wildman–Crippen MR) is 73.0 cm³/mol. The molecule has 0 bridgehead atoms. The van der Waals surface area contributed by atoms with Crippen molar-refractivity contribution in [1.29, 1.82) is 0 Å². The molecule has 92 valence electrons. The Hall–Kier alpha value is -1.09. The van der Waals surface area contributed by atoms with Crippen LogP contribution in [0.3, 0.4) is 0 Å². The lowest BCUT2D eigenvalue weighted by atomic mass is 10.5. The van der Waals surface area contributed by atoms with E-state index in [1.807, 2.05) is 59.1 Å². The van der Waals surface area contributed by atoms with Crippen molar-refractivity contribution < 1.29 is 4.42 Å². The van der Waals surface area contributed by atoms with E-state index in [0.717, 1.165) is 10.8 Å². The zero-order valence-corrected chi connectivity index (χ0v) is 12.0. The summed E-state index contributed by atoms with van der Waals surface area (Å²) in [6, 6.07) is 3.79. The maximum Gasteiger partial charge on any atom is 0.100 e. The van der Waals surface area contributed by atoms with Crippen LogP contribution in [0.4, 0.5) is 0 Å². The average molecular weight is 241 g/mol. The third-order valence-corrected chi connectivity index (χ3v) is 1.92. The molecule has 0 aromatic carbocycles. The minimum Gasteiger partial charge on any atom is -0.470 e.